The van der Waals surface area contributed by atoms with Gasteiger partial charge in [-0.2, -0.15) is 10.2 Å². The Kier molecular flexibility index (Phi) is 6.59. The maximum Gasteiger partial charge on any atom is 0.278 e. The van der Waals surface area contributed by atoms with E-state index in [-0.39, 0.29) is 11.0 Å². The van der Waals surface area contributed by atoms with E-state index in [4.69, 9.17) is 4.98 Å². The van der Waals surface area contributed by atoms with Crippen LogP contribution in [0.15, 0.2) is 47.5 Å². The highest BCUT2D eigenvalue weighted by molar-refractivity contribution is 5.78. The van der Waals surface area contributed by atoms with E-state index in [0.29, 0.717) is 29.4 Å². The molecule has 0 saturated heterocycles. The van der Waals surface area contributed by atoms with Crippen LogP contribution in [0.4, 0.5) is 5.95 Å². The molecule has 34 heavy (non-hydrogen) atoms. The summed E-state index contributed by atoms with van der Waals surface area (Å²) < 4.78 is 3.49. The van der Waals surface area contributed by atoms with Crippen LogP contribution in [0.25, 0.3) is 16.7 Å². The molecule has 0 aliphatic heterocycles. The summed E-state index contributed by atoms with van der Waals surface area (Å²) in [5.74, 6) is 1.04. The lowest BCUT2D eigenvalue weighted by Gasteiger charge is -2.27. The molecule has 0 saturated carbocycles. The first-order valence-electron chi connectivity index (χ1n) is 12.0. The maximum atomic E-state index is 13.1. The van der Waals surface area contributed by atoms with Crippen LogP contribution in [0.2, 0.25) is 0 Å². The Morgan fingerprint density at radius 1 is 1.21 bits per heavy atom. The molecule has 0 aliphatic carbocycles. The average Bonchev–Trinajstić information content (AvgIpc) is 3.42. The highest BCUT2D eigenvalue weighted by atomic mass is 16.1. The molecule has 0 bridgehead atoms. The van der Waals surface area contributed by atoms with Gasteiger partial charge in [0.25, 0.3) is 5.56 Å². The first-order chi connectivity index (χ1) is 16.2. The van der Waals surface area contributed by atoms with Crippen LogP contribution in [0.3, 0.4) is 0 Å². The number of benzene rings is 1. The summed E-state index contributed by atoms with van der Waals surface area (Å²) in [7, 11) is 1.80. The minimum atomic E-state index is -0.226. The predicted molar refractivity (Wildman–Crippen MR) is 137 cm³/mol. The number of rotatable bonds is 8. The van der Waals surface area contributed by atoms with Crippen molar-refractivity contribution in [2.45, 2.75) is 59.4 Å². The number of anilines is 1. The molecular formula is C26H35N7O. The number of nitrogens with zero attached hydrogens (tertiary/aromatic N) is 6. The molecule has 0 radical (unpaired) electrons. The third-order valence-corrected chi connectivity index (χ3v) is 6.06. The van der Waals surface area contributed by atoms with Crippen LogP contribution in [0.5, 0.6) is 0 Å². The smallest absolute Gasteiger partial charge is 0.278 e. The van der Waals surface area contributed by atoms with Crippen LogP contribution in [0, 0.1) is 5.92 Å². The van der Waals surface area contributed by atoms with Crippen molar-refractivity contribution in [1.29, 1.82) is 0 Å². The molecule has 1 aromatic carbocycles. The molecule has 4 aromatic rings. The second-order valence-electron chi connectivity index (χ2n) is 10.2. The standard InChI is InChI=1S/C26H35N7O/c1-7-10-18(2)16-32(17-19-11-8-12-20(15-19)33-14-9-13-27-33)25-28-21-22(24(34)29-25)31(6)30-23(21)26(3,4)5/h8-9,11-15,18H,7,10,16-17H2,1-6H3,(H,28,29,34). The number of hydrogen-bond donors (Lipinski definition) is 1. The summed E-state index contributed by atoms with van der Waals surface area (Å²) in [4.78, 5) is 23.3. The number of H-pyrrole nitrogens is 1. The number of fused-ring (bicyclic) bond motifs is 1. The fourth-order valence-corrected chi connectivity index (χ4v) is 4.45. The molecule has 0 fully saturated rings. The Balaban J connectivity index is 1.77. The molecule has 8 heteroatoms. The summed E-state index contributed by atoms with van der Waals surface area (Å²) in [6, 6.07) is 10.2. The number of hydrogen-bond acceptors (Lipinski definition) is 5. The first-order valence-corrected chi connectivity index (χ1v) is 12.0. The molecule has 3 aromatic heterocycles. The van der Waals surface area contributed by atoms with E-state index in [1.807, 2.05) is 29.1 Å². The van der Waals surface area contributed by atoms with Crippen molar-refractivity contribution in [1.82, 2.24) is 29.5 Å². The number of aromatic amines is 1. The molecule has 3 heterocycles. The van der Waals surface area contributed by atoms with Crippen molar-refractivity contribution in [3.05, 3.63) is 64.3 Å². The highest BCUT2D eigenvalue weighted by Crippen LogP contribution is 2.28. The van der Waals surface area contributed by atoms with E-state index in [1.54, 1.807) is 17.9 Å². The van der Waals surface area contributed by atoms with Gasteiger partial charge in [-0.1, -0.05) is 53.2 Å². The van der Waals surface area contributed by atoms with Crippen molar-refractivity contribution in [2.24, 2.45) is 13.0 Å². The Hall–Kier alpha value is -3.42. The van der Waals surface area contributed by atoms with Crippen LogP contribution in [0.1, 0.15) is 58.7 Å². The van der Waals surface area contributed by atoms with Crippen LogP contribution < -0.4 is 10.5 Å². The highest BCUT2D eigenvalue weighted by Gasteiger charge is 2.26. The van der Waals surface area contributed by atoms with Gasteiger partial charge in [0.2, 0.25) is 5.95 Å². The first kappa shape index (κ1) is 23.7. The van der Waals surface area contributed by atoms with Crippen molar-refractivity contribution >= 4 is 17.0 Å². The van der Waals surface area contributed by atoms with Gasteiger partial charge in [0.1, 0.15) is 5.52 Å². The van der Waals surface area contributed by atoms with E-state index in [9.17, 15) is 4.79 Å². The lowest BCUT2D eigenvalue weighted by molar-refractivity contribution is 0.506. The van der Waals surface area contributed by atoms with Crippen LogP contribution in [-0.2, 0) is 19.0 Å². The van der Waals surface area contributed by atoms with Gasteiger partial charge in [0.15, 0.2) is 5.52 Å². The van der Waals surface area contributed by atoms with Gasteiger partial charge >= 0.3 is 0 Å². The number of aryl methyl sites for hydroxylation is 1. The second kappa shape index (κ2) is 9.44. The molecule has 4 rings (SSSR count). The summed E-state index contributed by atoms with van der Waals surface area (Å²) in [6.07, 6.45) is 5.93. The summed E-state index contributed by atoms with van der Waals surface area (Å²) in [5.41, 5.74) is 3.76. The molecule has 1 atom stereocenters. The average molecular weight is 462 g/mol. The van der Waals surface area contributed by atoms with Crippen LogP contribution in [-0.4, -0.2) is 36.1 Å². The van der Waals surface area contributed by atoms with Crippen molar-refractivity contribution in [3.8, 4) is 5.69 Å². The monoisotopic (exact) mass is 461 g/mol. The lowest BCUT2D eigenvalue weighted by atomic mass is 9.91. The van der Waals surface area contributed by atoms with Crippen molar-refractivity contribution in [3.63, 3.8) is 0 Å². The predicted octanol–water partition coefficient (Wildman–Crippen LogP) is 4.58. The van der Waals surface area contributed by atoms with Gasteiger partial charge in [0.05, 0.1) is 11.4 Å². The maximum absolute atomic E-state index is 13.1. The lowest BCUT2D eigenvalue weighted by Crippen LogP contribution is -2.31. The molecule has 1 N–H and O–H groups in total. The number of aromatic nitrogens is 6. The zero-order valence-electron chi connectivity index (χ0n) is 21.0. The Morgan fingerprint density at radius 3 is 2.68 bits per heavy atom. The van der Waals surface area contributed by atoms with Gasteiger partial charge in [0, 0.05) is 37.9 Å². The third-order valence-electron chi connectivity index (χ3n) is 6.06. The van der Waals surface area contributed by atoms with E-state index in [2.05, 4.69) is 66.8 Å². The molecular weight excluding hydrogens is 426 g/mol. The molecule has 8 nitrogen and oxygen atoms in total. The Morgan fingerprint density at radius 2 is 2.00 bits per heavy atom. The van der Waals surface area contributed by atoms with Gasteiger partial charge in [-0.3, -0.25) is 14.5 Å². The minimum Gasteiger partial charge on any atom is -0.338 e. The SMILES string of the molecule is CCCC(C)CN(Cc1cccc(-n2cccn2)c1)c1nc2c(C(C)(C)C)nn(C)c2c(=O)[nH]1. The topological polar surface area (TPSA) is 84.6 Å². The molecule has 180 valence electrons. The van der Waals surface area contributed by atoms with Crippen molar-refractivity contribution < 1.29 is 0 Å². The minimum absolute atomic E-state index is 0.163. The third kappa shape index (κ3) is 4.90. The van der Waals surface area contributed by atoms with E-state index >= 15 is 0 Å². The Labute approximate surface area is 200 Å². The largest absolute Gasteiger partial charge is 0.338 e. The molecule has 0 aliphatic rings. The molecule has 0 spiro atoms. The van der Waals surface area contributed by atoms with E-state index in [1.165, 1.54) is 0 Å². The normalized spacial score (nSPS) is 12.9. The summed E-state index contributed by atoms with van der Waals surface area (Å²) >= 11 is 0. The quantitative estimate of drug-likeness (QED) is 0.415. The van der Waals surface area contributed by atoms with Crippen molar-refractivity contribution in [2.75, 3.05) is 11.4 Å². The fourth-order valence-electron chi connectivity index (χ4n) is 4.45. The summed E-state index contributed by atoms with van der Waals surface area (Å²) in [6.45, 7) is 12.2. The molecule has 1 unspecified atom stereocenters. The zero-order valence-corrected chi connectivity index (χ0v) is 21.0. The van der Waals surface area contributed by atoms with E-state index in [0.717, 1.165) is 36.3 Å². The van der Waals surface area contributed by atoms with Gasteiger partial charge in [-0.05, 0) is 36.1 Å². The van der Waals surface area contributed by atoms with Gasteiger partial charge in [-0.25, -0.2) is 9.67 Å². The molecule has 0 amide bonds. The summed E-state index contributed by atoms with van der Waals surface area (Å²) in [5, 5.41) is 9.00. The second-order valence-corrected chi connectivity index (χ2v) is 10.2. The van der Waals surface area contributed by atoms with Gasteiger partial charge in [-0.15, -0.1) is 0 Å². The number of nitrogens with one attached hydrogen (secondary N) is 1. The Bertz CT molecular complexity index is 1310. The zero-order chi connectivity index (χ0) is 24.5. The fraction of sp³-hybridized carbons (Fsp3) is 0.462. The van der Waals surface area contributed by atoms with Crippen LogP contribution >= 0.6 is 0 Å². The van der Waals surface area contributed by atoms with E-state index < -0.39 is 0 Å². The van der Waals surface area contributed by atoms with Gasteiger partial charge < -0.3 is 4.90 Å².